The van der Waals surface area contributed by atoms with Crippen molar-refractivity contribution < 1.29 is 0 Å². The van der Waals surface area contributed by atoms with E-state index in [2.05, 4.69) is 11.9 Å². The third-order valence-corrected chi connectivity index (χ3v) is 6.74. The Hall–Kier alpha value is -0.580. The maximum absolute atomic E-state index is 12.8. The molecule has 0 radical (unpaired) electrons. The van der Waals surface area contributed by atoms with Crippen LogP contribution in [0.25, 0.3) is 10.2 Å². The molecule has 1 fully saturated rings. The van der Waals surface area contributed by atoms with Gasteiger partial charge in [-0.05, 0) is 37.2 Å². The van der Waals surface area contributed by atoms with Gasteiger partial charge in [-0.2, -0.15) is 0 Å². The van der Waals surface area contributed by atoms with Gasteiger partial charge >= 0.3 is 0 Å². The van der Waals surface area contributed by atoms with Gasteiger partial charge in [0.25, 0.3) is 5.56 Å². The maximum Gasteiger partial charge on any atom is 0.262 e. The average molecular weight is 343 g/mol. The van der Waals surface area contributed by atoms with Crippen molar-refractivity contribution in [2.75, 3.05) is 0 Å². The monoisotopic (exact) mass is 342 g/mol. The second-order valence-corrected chi connectivity index (χ2v) is 9.02. The number of rotatable bonds is 2. The summed E-state index contributed by atoms with van der Waals surface area (Å²) in [5.41, 5.74) is 1.31. The van der Waals surface area contributed by atoms with Gasteiger partial charge in [0.2, 0.25) is 0 Å². The number of nitrogens with zero attached hydrogens (tertiary/aromatic N) is 2. The molecule has 0 saturated heterocycles. The summed E-state index contributed by atoms with van der Waals surface area (Å²) in [6.07, 6.45) is 5.63. The van der Waals surface area contributed by atoms with Crippen molar-refractivity contribution in [1.82, 2.24) is 9.55 Å². The summed E-state index contributed by atoms with van der Waals surface area (Å²) in [4.78, 5) is 19.5. The van der Waals surface area contributed by atoms with E-state index in [1.54, 1.807) is 22.2 Å². The van der Waals surface area contributed by atoms with Gasteiger partial charge in [0.05, 0.1) is 11.7 Å². The quantitative estimate of drug-likeness (QED) is 0.778. The van der Waals surface area contributed by atoms with Crippen molar-refractivity contribution in [3.63, 3.8) is 0 Å². The molecule has 2 aromatic heterocycles. The smallest absolute Gasteiger partial charge is 0.262 e. The van der Waals surface area contributed by atoms with Crippen molar-refractivity contribution in [2.45, 2.75) is 43.5 Å². The summed E-state index contributed by atoms with van der Waals surface area (Å²) >= 11 is 13.8. The van der Waals surface area contributed by atoms with E-state index in [-0.39, 0.29) is 11.5 Å². The first-order valence-corrected chi connectivity index (χ1v) is 8.90. The van der Waals surface area contributed by atoms with Crippen LogP contribution in [0.15, 0.2) is 11.1 Å². The van der Waals surface area contributed by atoms with E-state index < -0.39 is 4.33 Å². The highest BCUT2D eigenvalue weighted by Gasteiger charge is 2.51. The normalized spacial score (nSPS) is 26.8. The summed E-state index contributed by atoms with van der Waals surface area (Å²) in [5.74, 6) is 0.861. The molecule has 2 heterocycles. The van der Waals surface area contributed by atoms with E-state index in [4.69, 9.17) is 23.2 Å². The van der Waals surface area contributed by atoms with E-state index in [1.165, 1.54) is 10.4 Å². The number of fused-ring (bicyclic) bond motifs is 3. The predicted molar refractivity (Wildman–Crippen MR) is 87.6 cm³/mol. The summed E-state index contributed by atoms with van der Waals surface area (Å²) in [7, 11) is 0. The van der Waals surface area contributed by atoms with E-state index >= 15 is 0 Å². The molecule has 2 unspecified atom stereocenters. The van der Waals surface area contributed by atoms with Crippen LogP contribution in [-0.4, -0.2) is 13.9 Å². The molecular formula is C15H16Cl2N2OS. The van der Waals surface area contributed by atoms with Crippen LogP contribution in [0, 0.1) is 11.8 Å². The van der Waals surface area contributed by atoms with Gasteiger partial charge in [-0.25, -0.2) is 4.98 Å². The number of thiophene rings is 1. The molecule has 1 saturated carbocycles. The highest BCUT2D eigenvalue weighted by Crippen LogP contribution is 2.53. The van der Waals surface area contributed by atoms with Crippen molar-refractivity contribution in [2.24, 2.45) is 11.8 Å². The SMILES string of the molecule is CC1CCc2c(sc3ncn(CC4CC4(Cl)Cl)c(=O)c23)C1. The van der Waals surface area contributed by atoms with Crippen LogP contribution in [0.4, 0.5) is 0 Å². The van der Waals surface area contributed by atoms with Gasteiger partial charge in [0, 0.05) is 17.3 Å². The molecule has 2 aliphatic rings. The molecule has 0 N–H and O–H groups in total. The molecule has 2 aliphatic carbocycles. The molecule has 6 heteroatoms. The zero-order chi connectivity index (χ0) is 14.8. The number of aromatic nitrogens is 2. The fourth-order valence-electron chi connectivity index (χ4n) is 3.20. The van der Waals surface area contributed by atoms with Crippen molar-refractivity contribution in [1.29, 1.82) is 0 Å². The largest absolute Gasteiger partial charge is 0.298 e. The lowest BCUT2D eigenvalue weighted by Gasteiger charge is -2.17. The van der Waals surface area contributed by atoms with E-state index in [0.29, 0.717) is 12.5 Å². The Kier molecular flexibility index (Phi) is 3.15. The fraction of sp³-hybridized carbons (Fsp3) is 0.600. The Morgan fingerprint density at radius 3 is 3.00 bits per heavy atom. The molecule has 0 amide bonds. The van der Waals surface area contributed by atoms with Crippen molar-refractivity contribution in [3.05, 3.63) is 27.1 Å². The highest BCUT2D eigenvalue weighted by molar-refractivity contribution is 7.18. The van der Waals surface area contributed by atoms with Crippen LogP contribution in [0.3, 0.4) is 0 Å². The van der Waals surface area contributed by atoms with Gasteiger partial charge in [-0.3, -0.25) is 9.36 Å². The zero-order valence-electron chi connectivity index (χ0n) is 11.7. The van der Waals surface area contributed by atoms with Crippen LogP contribution in [-0.2, 0) is 19.4 Å². The Balaban J connectivity index is 1.78. The highest BCUT2D eigenvalue weighted by atomic mass is 35.5. The standard InChI is InChI=1S/C15H16Cl2N2OS/c1-8-2-3-10-11(4-8)21-13-12(10)14(20)19(7-18-13)6-9-5-15(9,16)17/h7-9H,2-6H2,1H3. The average Bonchev–Trinajstić information content (AvgIpc) is 2.86. The summed E-state index contributed by atoms with van der Waals surface area (Å²) < 4.78 is 1.03. The number of aryl methyl sites for hydroxylation is 1. The Morgan fingerprint density at radius 2 is 2.29 bits per heavy atom. The lowest BCUT2D eigenvalue weighted by molar-refractivity contribution is 0.509. The van der Waals surface area contributed by atoms with E-state index in [9.17, 15) is 4.79 Å². The molecule has 112 valence electrons. The van der Waals surface area contributed by atoms with Crippen LogP contribution < -0.4 is 5.56 Å². The molecule has 2 aromatic rings. The molecular weight excluding hydrogens is 327 g/mol. The van der Waals surface area contributed by atoms with Crippen LogP contribution in [0.5, 0.6) is 0 Å². The Morgan fingerprint density at radius 1 is 1.52 bits per heavy atom. The Bertz CT molecular complexity index is 780. The summed E-state index contributed by atoms with van der Waals surface area (Å²) in [6, 6.07) is 0. The summed E-state index contributed by atoms with van der Waals surface area (Å²) in [6.45, 7) is 2.84. The van der Waals surface area contributed by atoms with Crippen LogP contribution in [0.2, 0.25) is 0 Å². The van der Waals surface area contributed by atoms with Gasteiger partial charge < -0.3 is 0 Å². The number of alkyl halides is 2. The minimum Gasteiger partial charge on any atom is -0.298 e. The molecule has 0 aromatic carbocycles. The number of hydrogen-bond donors (Lipinski definition) is 0. The fourth-order valence-corrected chi connectivity index (χ4v) is 5.05. The molecule has 4 rings (SSSR count). The number of halogens is 2. The third kappa shape index (κ3) is 2.32. The van der Waals surface area contributed by atoms with Crippen molar-refractivity contribution in [3.8, 4) is 0 Å². The molecule has 0 bridgehead atoms. The zero-order valence-corrected chi connectivity index (χ0v) is 14.1. The van der Waals surface area contributed by atoms with E-state index in [1.807, 2.05) is 0 Å². The molecule has 0 spiro atoms. The molecule has 21 heavy (non-hydrogen) atoms. The second kappa shape index (κ2) is 4.71. The first kappa shape index (κ1) is 14.0. The maximum atomic E-state index is 12.8. The van der Waals surface area contributed by atoms with Gasteiger partial charge in [-0.15, -0.1) is 34.5 Å². The molecule has 3 nitrogen and oxygen atoms in total. The number of hydrogen-bond acceptors (Lipinski definition) is 3. The first-order chi connectivity index (χ1) is 9.95. The Labute approximate surface area is 136 Å². The lowest BCUT2D eigenvalue weighted by Crippen LogP contribution is -2.23. The molecule has 0 aliphatic heterocycles. The van der Waals surface area contributed by atoms with E-state index in [0.717, 1.165) is 35.9 Å². The lowest BCUT2D eigenvalue weighted by atomic mass is 9.89. The minimum atomic E-state index is -0.655. The minimum absolute atomic E-state index is 0.0723. The second-order valence-electron chi connectivity index (χ2n) is 6.40. The van der Waals surface area contributed by atoms with Gasteiger partial charge in [-0.1, -0.05) is 6.92 Å². The van der Waals surface area contributed by atoms with Crippen LogP contribution >= 0.6 is 34.5 Å². The summed E-state index contributed by atoms with van der Waals surface area (Å²) in [5, 5.41) is 0.833. The topological polar surface area (TPSA) is 34.9 Å². The molecule has 2 atom stereocenters. The van der Waals surface area contributed by atoms with Gasteiger partial charge in [0.15, 0.2) is 0 Å². The predicted octanol–water partition coefficient (Wildman–Crippen LogP) is 3.78. The van der Waals surface area contributed by atoms with Gasteiger partial charge in [0.1, 0.15) is 9.16 Å². The van der Waals surface area contributed by atoms with Crippen molar-refractivity contribution >= 4 is 44.8 Å². The first-order valence-electron chi connectivity index (χ1n) is 7.33. The third-order valence-electron chi connectivity index (χ3n) is 4.65. The van der Waals surface area contributed by atoms with Crippen LogP contribution in [0.1, 0.15) is 30.2 Å².